The highest BCUT2D eigenvalue weighted by Gasteiger charge is 2.20. The van der Waals surface area contributed by atoms with Crippen LogP contribution in [0.5, 0.6) is 0 Å². The molecule has 0 spiro atoms. The van der Waals surface area contributed by atoms with Gasteiger partial charge in [0.25, 0.3) is 11.8 Å². The Bertz CT molecular complexity index is 832. The summed E-state index contributed by atoms with van der Waals surface area (Å²) < 4.78 is 5.76. The van der Waals surface area contributed by atoms with Crippen LogP contribution in [0.4, 0.5) is 0 Å². The Balaban J connectivity index is 1.84. The Kier molecular flexibility index (Phi) is 6.61. The first-order valence-electron chi connectivity index (χ1n) is 8.15. The van der Waals surface area contributed by atoms with Crippen molar-refractivity contribution in [2.24, 2.45) is 0 Å². The molecule has 8 heteroatoms. The summed E-state index contributed by atoms with van der Waals surface area (Å²) in [5.74, 6) is -1.53. The predicted molar refractivity (Wildman–Crippen MR) is 103 cm³/mol. The number of amides is 2. The van der Waals surface area contributed by atoms with Crippen LogP contribution in [0.2, 0.25) is 5.02 Å². The van der Waals surface area contributed by atoms with Crippen LogP contribution in [-0.4, -0.2) is 36.5 Å². The summed E-state index contributed by atoms with van der Waals surface area (Å²) in [5, 5.41) is 6.37. The minimum absolute atomic E-state index is 0.336. The highest BCUT2D eigenvalue weighted by atomic mass is 35.5. The average molecular weight is 397 g/mol. The second kappa shape index (κ2) is 8.51. The van der Waals surface area contributed by atoms with Crippen molar-refractivity contribution >= 4 is 50.8 Å². The molecule has 0 aliphatic rings. The number of carbonyl (C=O) groups is 3. The number of benzene rings is 1. The van der Waals surface area contributed by atoms with Crippen LogP contribution in [0.15, 0.2) is 24.3 Å². The molecule has 0 fully saturated rings. The lowest BCUT2D eigenvalue weighted by molar-refractivity contribution is -0.148. The van der Waals surface area contributed by atoms with Gasteiger partial charge in [-0.15, -0.1) is 11.3 Å². The number of rotatable bonds is 7. The molecule has 0 saturated heterocycles. The molecule has 0 atom stereocenters. The van der Waals surface area contributed by atoms with Crippen molar-refractivity contribution < 1.29 is 19.1 Å². The van der Waals surface area contributed by atoms with Crippen molar-refractivity contribution in [3.8, 4) is 0 Å². The van der Waals surface area contributed by atoms with Gasteiger partial charge in [-0.05, 0) is 26.3 Å². The molecule has 2 amide bonds. The summed E-state index contributed by atoms with van der Waals surface area (Å²) in [7, 11) is 0. The highest BCUT2D eigenvalue weighted by Crippen LogP contribution is 2.34. The first-order chi connectivity index (χ1) is 12.2. The maximum atomic E-state index is 12.2. The zero-order chi connectivity index (χ0) is 19.3. The summed E-state index contributed by atoms with van der Waals surface area (Å²) in [5.41, 5.74) is -0.365. The summed E-state index contributed by atoms with van der Waals surface area (Å²) in [6.45, 7) is 4.97. The molecule has 26 heavy (non-hydrogen) atoms. The first-order valence-corrected chi connectivity index (χ1v) is 9.35. The van der Waals surface area contributed by atoms with E-state index in [1.165, 1.54) is 11.3 Å². The number of hydrogen-bond donors (Lipinski definition) is 2. The third-order valence-electron chi connectivity index (χ3n) is 3.86. The van der Waals surface area contributed by atoms with Gasteiger partial charge >= 0.3 is 5.97 Å². The van der Waals surface area contributed by atoms with E-state index in [1.807, 2.05) is 45.0 Å². The van der Waals surface area contributed by atoms with Crippen LogP contribution in [0.3, 0.4) is 0 Å². The molecule has 1 aromatic heterocycles. The van der Waals surface area contributed by atoms with Crippen LogP contribution >= 0.6 is 22.9 Å². The van der Waals surface area contributed by atoms with Gasteiger partial charge < -0.3 is 15.4 Å². The van der Waals surface area contributed by atoms with Gasteiger partial charge in [-0.2, -0.15) is 0 Å². The average Bonchev–Trinajstić information content (AvgIpc) is 2.95. The van der Waals surface area contributed by atoms with Gasteiger partial charge in [0.05, 0.1) is 5.02 Å². The first kappa shape index (κ1) is 20.2. The minimum atomic E-state index is -0.694. The number of esters is 1. The lowest BCUT2D eigenvalue weighted by Crippen LogP contribution is -2.45. The van der Waals surface area contributed by atoms with Crippen molar-refractivity contribution in [2.45, 2.75) is 32.7 Å². The fraction of sp³-hybridized carbons (Fsp3) is 0.389. The van der Waals surface area contributed by atoms with Gasteiger partial charge in [0, 0.05) is 15.6 Å². The molecule has 0 aliphatic carbocycles. The Morgan fingerprint density at radius 2 is 1.92 bits per heavy atom. The maximum absolute atomic E-state index is 12.2. The Morgan fingerprint density at radius 1 is 1.23 bits per heavy atom. The largest absolute Gasteiger partial charge is 0.454 e. The molecule has 0 aliphatic heterocycles. The molecule has 1 aromatic carbocycles. The zero-order valence-corrected chi connectivity index (χ0v) is 16.4. The summed E-state index contributed by atoms with van der Waals surface area (Å²) in [6.07, 6.45) is 0.749. The molecule has 2 N–H and O–H groups in total. The van der Waals surface area contributed by atoms with E-state index in [9.17, 15) is 14.4 Å². The van der Waals surface area contributed by atoms with Gasteiger partial charge in [0.15, 0.2) is 6.61 Å². The third-order valence-corrected chi connectivity index (χ3v) is 5.53. The monoisotopic (exact) mass is 396 g/mol. The van der Waals surface area contributed by atoms with E-state index in [4.69, 9.17) is 16.3 Å². The van der Waals surface area contributed by atoms with Gasteiger partial charge in [-0.1, -0.05) is 36.7 Å². The smallest absolute Gasteiger partial charge is 0.325 e. The number of halogens is 1. The second-order valence-electron chi connectivity index (χ2n) is 6.37. The second-order valence-corrected chi connectivity index (χ2v) is 7.80. The van der Waals surface area contributed by atoms with E-state index in [0.29, 0.717) is 9.90 Å². The van der Waals surface area contributed by atoms with E-state index in [0.717, 1.165) is 16.5 Å². The number of nitrogens with one attached hydrogen (secondary N) is 2. The molecule has 0 radical (unpaired) electrons. The normalized spacial score (nSPS) is 11.2. The third kappa shape index (κ3) is 5.19. The molecular weight excluding hydrogens is 376 g/mol. The van der Waals surface area contributed by atoms with Gasteiger partial charge in [0.2, 0.25) is 0 Å². The molecular formula is C18H21ClN2O4S. The van der Waals surface area contributed by atoms with E-state index in [2.05, 4.69) is 10.6 Å². The zero-order valence-electron chi connectivity index (χ0n) is 14.8. The van der Waals surface area contributed by atoms with Crippen LogP contribution < -0.4 is 10.6 Å². The molecule has 2 aromatic rings. The number of hydrogen-bond acceptors (Lipinski definition) is 5. The quantitative estimate of drug-likeness (QED) is 0.704. The number of fused-ring (bicyclic) bond motifs is 1. The Labute approximate surface area is 160 Å². The molecule has 140 valence electrons. The summed E-state index contributed by atoms with van der Waals surface area (Å²) in [4.78, 5) is 36.0. The summed E-state index contributed by atoms with van der Waals surface area (Å²) >= 11 is 7.48. The van der Waals surface area contributed by atoms with Crippen molar-refractivity contribution in [3.63, 3.8) is 0 Å². The van der Waals surface area contributed by atoms with Crippen LogP contribution in [-0.2, 0) is 14.3 Å². The number of thiophene rings is 1. The Morgan fingerprint density at radius 3 is 2.58 bits per heavy atom. The number of ether oxygens (including phenoxy) is 1. The van der Waals surface area contributed by atoms with Crippen molar-refractivity contribution in [1.82, 2.24) is 10.6 Å². The van der Waals surface area contributed by atoms with Crippen LogP contribution in [0.25, 0.3) is 10.1 Å². The lowest BCUT2D eigenvalue weighted by atomic mass is 10.0. The van der Waals surface area contributed by atoms with Gasteiger partial charge in [-0.25, -0.2) is 0 Å². The molecule has 1 heterocycles. The van der Waals surface area contributed by atoms with Crippen LogP contribution in [0.1, 0.15) is 36.9 Å². The number of carbonyl (C=O) groups excluding carboxylic acids is 3. The molecule has 0 unspecified atom stereocenters. The minimum Gasteiger partial charge on any atom is -0.454 e. The SMILES string of the molecule is CCC(C)(C)NC(=O)COC(=O)CNC(=O)c1sc2ccccc2c1Cl. The topological polar surface area (TPSA) is 84.5 Å². The highest BCUT2D eigenvalue weighted by molar-refractivity contribution is 7.21. The summed E-state index contributed by atoms with van der Waals surface area (Å²) in [6, 6.07) is 7.40. The van der Waals surface area contributed by atoms with Crippen molar-refractivity contribution in [3.05, 3.63) is 34.2 Å². The van der Waals surface area contributed by atoms with Gasteiger partial charge in [-0.3, -0.25) is 14.4 Å². The van der Waals surface area contributed by atoms with E-state index in [-0.39, 0.29) is 24.6 Å². The predicted octanol–water partition coefficient (Wildman–Crippen LogP) is 3.13. The van der Waals surface area contributed by atoms with Crippen molar-refractivity contribution in [2.75, 3.05) is 13.2 Å². The molecule has 0 bridgehead atoms. The maximum Gasteiger partial charge on any atom is 0.325 e. The molecule has 2 rings (SSSR count). The standard InChI is InChI=1S/C18H21ClN2O4S/c1-4-18(2,3)21-13(22)10-25-14(23)9-20-17(24)16-15(19)11-7-5-6-8-12(11)26-16/h5-8H,4,9-10H2,1-3H3,(H,20,24)(H,21,22). The van der Waals surface area contributed by atoms with Gasteiger partial charge in [0.1, 0.15) is 11.4 Å². The van der Waals surface area contributed by atoms with E-state index in [1.54, 1.807) is 0 Å². The van der Waals surface area contributed by atoms with E-state index >= 15 is 0 Å². The lowest BCUT2D eigenvalue weighted by Gasteiger charge is -2.24. The fourth-order valence-corrected chi connectivity index (χ4v) is 3.53. The Hall–Kier alpha value is -2.12. The van der Waals surface area contributed by atoms with Crippen LogP contribution in [0, 0.1) is 0 Å². The molecule has 0 saturated carbocycles. The molecule has 6 nitrogen and oxygen atoms in total. The van der Waals surface area contributed by atoms with Crippen molar-refractivity contribution in [1.29, 1.82) is 0 Å². The van der Waals surface area contributed by atoms with E-state index < -0.39 is 11.9 Å². The fourth-order valence-electron chi connectivity index (χ4n) is 2.09.